The first-order valence-corrected chi connectivity index (χ1v) is 9.73. The van der Waals surface area contributed by atoms with Crippen LogP contribution in [-0.4, -0.2) is 29.0 Å². The Morgan fingerprint density at radius 1 is 1.19 bits per heavy atom. The third kappa shape index (κ3) is 7.04. The average Bonchev–Trinajstić information content (AvgIpc) is 3.07. The summed E-state index contributed by atoms with van der Waals surface area (Å²) in [6, 6.07) is 9.58. The van der Waals surface area contributed by atoms with Crippen molar-refractivity contribution in [3.63, 3.8) is 0 Å². The van der Waals surface area contributed by atoms with Crippen molar-refractivity contribution in [2.75, 3.05) is 13.3 Å². The second kappa shape index (κ2) is 11.4. The van der Waals surface area contributed by atoms with Gasteiger partial charge in [-0.05, 0) is 43.0 Å². The number of rotatable bonds is 12. The Bertz CT molecular complexity index is 715. The van der Waals surface area contributed by atoms with E-state index >= 15 is 0 Å². The van der Waals surface area contributed by atoms with Gasteiger partial charge >= 0.3 is 0 Å². The van der Waals surface area contributed by atoms with Crippen LogP contribution in [0.3, 0.4) is 0 Å². The molecule has 0 saturated carbocycles. The summed E-state index contributed by atoms with van der Waals surface area (Å²) in [4.78, 5) is 12.3. The van der Waals surface area contributed by atoms with E-state index < -0.39 is 0 Å². The average molecular weight is 375 g/mol. The molecule has 6 heteroatoms. The zero-order valence-electron chi connectivity index (χ0n) is 16.3. The van der Waals surface area contributed by atoms with E-state index in [-0.39, 0.29) is 12.6 Å². The molecular weight excluding hydrogens is 345 g/mol. The van der Waals surface area contributed by atoms with Gasteiger partial charge in [0.2, 0.25) is 0 Å². The number of hydrogen-bond donors (Lipinski definition) is 1. The summed E-state index contributed by atoms with van der Waals surface area (Å²) in [6.07, 6.45) is 5.48. The van der Waals surface area contributed by atoms with E-state index in [9.17, 15) is 9.18 Å². The topological polar surface area (TPSA) is 56.1 Å². The third-order valence-corrected chi connectivity index (χ3v) is 4.42. The maximum atomic E-state index is 12.3. The molecule has 0 aliphatic heterocycles. The van der Waals surface area contributed by atoms with Crippen LogP contribution < -0.4 is 10.1 Å². The molecule has 0 saturated heterocycles. The van der Waals surface area contributed by atoms with E-state index in [2.05, 4.69) is 10.4 Å². The number of carbonyl (C=O) groups is 1. The lowest BCUT2D eigenvalue weighted by molar-refractivity contribution is 0.0941. The van der Waals surface area contributed by atoms with Crippen molar-refractivity contribution in [3.8, 4) is 5.75 Å². The molecule has 0 aliphatic carbocycles. The molecule has 0 atom stereocenters. The van der Waals surface area contributed by atoms with Crippen LogP contribution in [-0.2, 0) is 20.0 Å². The molecule has 0 spiro atoms. The van der Waals surface area contributed by atoms with Crippen LogP contribution in [0, 0.1) is 0 Å². The van der Waals surface area contributed by atoms with Crippen molar-refractivity contribution in [2.24, 2.45) is 7.05 Å². The van der Waals surface area contributed by atoms with Gasteiger partial charge in [-0.25, -0.2) is 0 Å². The third-order valence-electron chi connectivity index (χ3n) is 4.42. The summed E-state index contributed by atoms with van der Waals surface area (Å²) >= 11 is 0. The van der Waals surface area contributed by atoms with Gasteiger partial charge < -0.3 is 10.1 Å². The molecule has 1 aromatic carbocycles. The fraction of sp³-hybridized carbons (Fsp3) is 0.524. The molecule has 1 N–H and O–H groups in total. The molecule has 2 aromatic rings. The summed E-state index contributed by atoms with van der Waals surface area (Å²) < 4.78 is 19.4. The van der Waals surface area contributed by atoms with Crippen molar-refractivity contribution in [1.82, 2.24) is 15.1 Å². The molecule has 27 heavy (non-hydrogen) atoms. The zero-order chi connectivity index (χ0) is 19.5. The summed E-state index contributed by atoms with van der Waals surface area (Å²) in [6.45, 7) is 2.88. The van der Waals surface area contributed by atoms with Crippen LogP contribution in [0.2, 0.25) is 0 Å². The SMILES string of the molecule is CCc1cc(C(=O)NCc2cccc(OCCCCCCCF)c2)n(C)n1. The number of benzene rings is 1. The van der Waals surface area contributed by atoms with Gasteiger partial charge in [-0.15, -0.1) is 0 Å². The second-order valence-corrected chi connectivity index (χ2v) is 6.63. The van der Waals surface area contributed by atoms with E-state index in [1.165, 1.54) is 0 Å². The first-order chi connectivity index (χ1) is 13.1. The Kier molecular flexibility index (Phi) is 8.81. The van der Waals surface area contributed by atoms with E-state index in [0.717, 1.165) is 49.1 Å². The number of nitrogens with one attached hydrogen (secondary N) is 1. The number of aryl methyl sites for hydroxylation is 2. The quantitative estimate of drug-likeness (QED) is 0.565. The first kappa shape index (κ1) is 20.9. The maximum absolute atomic E-state index is 12.3. The largest absolute Gasteiger partial charge is 0.494 e. The van der Waals surface area contributed by atoms with Gasteiger partial charge in [-0.3, -0.25) is 13.9 Å². The Hall–Kier alpha value is -2.37. The molecule has 0 radical (unpaired) electrons. The molecule has 148 valence electrons. The van der Waals surface area contributed by atoms with Crippen LogP contribution in [0.4, 0.5) is 4.39 Å². The molecule has 2 rings (SSSR count). The lowest BCUT2D eigenvalue weighted by Gasteiger charge is -2.09. The molecular formula is C21H30FN3O2. The van der Waals surface area contributed by atoms with Crippen LogP contribution in [0.1, 0.15) is 60.8 Å². The number of unbranched alkanes of at least 4 members (excludes halogenated alkanes) is 4. The summed E-state index contributed by atoms with van der Waals surface area (Å²) in [5, 5.41) is 7.23. The van der Waals surface area contributed by atoms with Crippen molar-refractivity contribution < 1.29 is 13.9 Å². The predicted molar refractivity (Wildman–Crippen MR) is 105 cm³/mol. The van der Waals surface area contributed by atoms with E-state index in [0.29, 0.717) is 25.3 Å². The van der Waals surface area contributed by atoms with Crippen LogP contribution in [0.25, 0.3) is 0 Å². The van der Waals surface area contributed by atoms with E-state index in [1.54, 1.807) is 11.7 Å². The number of aromatic nitrogens is 2. The highest BCUT2D eigenvalue weighted by molar-refractivity contribution is 5.92. The minimum absolute atomic E-state index is 0.135. The van der Waals surface area contributed by atoms with Gasteiger partial charge in [-0.2, -0.15) is 5.10 Å². The molecule has 1 amide bonds. The van der Waals surface area contributed by atoms with Gasteiger partial charge in [0.05, 0.1) is 19.0 Å². The van der Waals surface area contributed by atoms with Crippen molar-refractivity contribution in [2.45, 2.75) is 52.0 Å². The number of halogens is 1. The van der Waals surface area contributed by atoms with Crippen LogP contribution in [0.5, 0.6) is 5.75 Å². The Labute approximate surface area is 160 Å². The van der Waals surface area contributed by atoms with E-state index in [1.807, 2.05) is 37.3 Å². The number of ether oxygens (including phenoxy) is 1. The van der Waals surface area contributed by atoms with Gasteiger partial charge in [0, 0.05) is 13.6 Å². The number of amides is 1. The maximum Gasteiger partial charge on any atom is 0.269 e. The highest BCUT2D eigenvalue weighted by Crippen LogP contribution is 2.14. The molecule has 1 aromatic heterocycles. The summed E-state index contributed by atoms with van der Waals surface area (Å²) in [5.74, 6) is 0.670. The van der Waals surface area contributed by atoms with Gasteiger partial charge in [0.25, 0.3) is 5.91 Å². The lowest BCUT2D eigenvalue weighted by atomic mass is 10.1. The fourth-order valence-electron chi connectivity index (χ4n) is 2.85. The standard InChI is InChI=1S/C21H30FN3O2/c1-3-18-15-20(25(2)24-18)21(26)23-16-17-10-9-11-19(14-17)27-13-8-6-4-5-7-12-22/h9-11,14-15H,3-8,12-13,16H2,1-2H3,(H,23,26). The van der Waals surface area contributed by atoms with Gasteiger partial charge in [0.15, 0.2) is 0 Å². The fourth-order valence-corrected chi connectivity index (χ4v) is 2.85. The summed E-state index contributed by atoms with van der Waals surface area (Å²) in [7, 11) is 1.78. The van der Waals surface area contributed by atoms with Gasteiger partial charge in [0.1, 0.15) is 11.4 Å². The van der Waals surface area contributed by atoms with Gasteiger partial charge in [-0.1, -0.05) is 38.3 Å². The summed E-state index contributed by atoms with van der Waals surface area (Å²) in [5.41, 5.74) is 2.46. The van der Waals surface area contributed by atoms with E-state index in [4.69, 9.17) is 4.74 Å². The second-order valence-electron chi connectivity index (χ2n) is 6.63. The number of carbonyl (C=O) groups excluding carboxylic acids is 1. The van der Waals surface area contributed by atoms with Crippen molar-refractivity contribution in [3.05, 3.63) is 47.3 Å². The highest BCUT2D eigenvalue weighted by Gasteiger charge is 2.12. The Morgan fingerprint density at radius 3 is 2.70 bits per heavy atom. The Balaban J connectivity index is 1.76. The van der Waals surface area contributed by atoms with Crippen LogP contribution in [0.15, 0.2) is 30.3 Å². The minimum Gasteiger partial charge on any atom is -0.494 e. The van der Waals surface area contributed by atoms with Crippen molar-refractivity contribution in [1.29, 1.82) is 0 Å². The normalized spacial score (nSPS) is 10.8. The van der Waals surface area contributed by atoms with Crippen LogP contribution >= 0.6 is 0 Å². The monoisotopic (exact) mass is 375 g/mol. The Morgan fingerprint density at radius 2 is 1.96 bits per heavy atom. The lowest BCUT2D eigenvalue weighted by Crippen LogP contribution is -2.25. The number of alkyl halides is 1. The molecule has 5 nitrogen and oxygen atoms in total. The molecule has 0 unspecified atom stereocenters. The molecule has 1 heterocycles. The number of nitrogens with zero attached hydrogens (tertiary/aromatic N) is 2. The first-order valence-electron chi connectivity index (χ1n) is 9.73. The zero-order valence-corrected chi connectivity index (χ0v) is 16.3. The predicted octanol–water partition coefficient (Wildman–Crippen LogP) is 4.21. The molecule has 0 fully saturated rings. The molecule has 0 aliphatic rings. The highest BCUT2D eigenvalue weighted by atomic mass is 19.1. The minimum atomic E-state index is -0.222. The molecule has 0 bridgehead atoms. The smallest absolute Gasteiger partial charge is 0.269 e. The number of hydrogen-bond acceptors (Lipinski definition) is 3. The van der Waals surface area contributed by atoms with Crippen molar-refractivity contribution >= 4 is 5.91 Å².